The second kappa shape index (κ2) is 8.77. The molecule has 7 heteroatoms. The summed E-state index contributed by atoms with van der Waals surface area (Å²) in [5.74, 6) is 1.13. The molecule has 0 atom stereocenters. The number of aromatic nitrogens is 3. The van der Waals surface area contributed by atoms with Crippen molar-refractivity contribution in [2.75, 3.05) is 11.9 Å². The van der Waals surface area contributed by atoms with Crippen molar-refractivity contribution in [1.82, 2.24) is 20.1 Å². The highest BCUT2D eigenvalue weighted by Gasteiger charge is 2.21. The third-order valence-corrected chi connectivity index (χ3v) is 4.29. The standard InChI is InChI=1S/C22H27N5O2/c1-5-29-20-16(10-9-13-23-20)15-24-21(28)25-19-14-18(22(2,3)4)26-27(19)17-11-7-6-8-12-17/h6-14H,5,15H2,1-4H3,(H2,24,25,28). The van der Waals surface area contributed by atoms with Gasteiger partial charge in [0.15, 0.2) is 0 Å². The molecule has 0 saturated heterocycles. The largest absolute Gasteiger partial charge is 0.478 e. The van der Waals surface area contributed by atoms with Gasteiger partial charge in [-0.25, -0.2) is 14.5 Å². The van der Waals surface area contributed by atoms with Gasteiger partial charge < -0.3 is 10.1 Å². The van der Waals surface area contributed by atoms with Crippen molar-refractivity contribution in [3.8, 4) is 11.6 Å². The Morgan fingerprint density at radius 1 is 1.14 bits per heavy atom. The van der Waals surface area contributed by atoms with Gasteiger partial charge in [0.1, 0.15) is 5.82 Å². The SMILES string of the molecule is CCOc1ncccc1CNC(=O)Nc1cc(C(C)(C)C)nn1-c1ccccc1. The van der Waals surface area contributed by atoms with Crippen LogP contribution in [0.2, 0.25) is 0 Å². The maximum atomic E-state index is 12.6. The molecular weight excluding hydrogens is 366 g/mol. The van der Waals surface area contributed by atoms with Crippen molar-refractivity contribution < 1.29 is 9.53 Å². The molecule has 2 N–H and O–H groups in total. The van der Waals surface area contributed by atoms with Crippen LogP contribution in [0.1, 0.15) is 39.0 Å². The van der Waals surface area contributed by atoms with E-state index in [9.17, 15) is 4.79 Å². The minimum atomic E-state index is -0.325. The quantitative estimate of drug-likeness (QED) is 0.655. The van der Waals surface area contributed by atoms with E-state index >= 15 is 0 Å². The van der Waals surface area contributed by atoms with Crippen LogP contribution in [0.4, 0.5) is 10.6 Å². The fourth-order valence-electron chi connectivity index (χ4n) is 2.76. The van der Waals surface area contributed by atoms with Crippen LogP contribution in [-0.2, 0) is 12.0 Å². The van der Waals surface area contributed by atoms with E-state index in [1.54, 1.807) is 10.9 Å². The van der Waals surface area contributed by atoms with Gasteiger partial charge in [-0.05, 0) is 25.1 Å². The van der Waals surface area contributed by atoms with E-state index in [0.717, 1.165) is 16.9 Å². The van der Waals surface area contributed by atoms with E-state index in [1.165, 1.54) is 0 Å². The summed E-state index contributed by atoms with van der Waals surface area (Å²) < 4.78 is 7.25. The lowest BCUT2D eigenvalue weighted by Gasteiger charge is -2.14. The van der Waals surface area contributed by atoms with E-state index in [0.29, 0.717) is 24.8 Å². The van der Waals surface area contributed by atoms with Gasteiger partial charge in [-0.15, -0.1) is 0 Å². The zero-order valence-corrected chi connectivity index (χ0v) is 17.3. The molecule has 0 aliphatic carbocycles. The van der Waals surface area contributed by atoms with Crippen LogP contribution in [0.25, 0.3) is 5.69 Å². The molecule has 1 aromatic carbocycles. The average Bonchev–Trinajstić information content (AvgIpc) is 3.12. The van der Waals surface area contributed by atoms with Crippen LogP contribution in [0.3, 0.4) is 0 Å². The molecular formula is C22H27N5O2. The van der Waals surface area contributed by atoms with Gasteiger partial charge >= 0.3 is 6.03 Å². The molecule has 3 rings (SSSR count). The predicted molar refractivity (Wildman–Crippen MR) is 114 cm³/mol. The second-order valence-corrected chi connectivity index (χ2v) is 7.62. The summed E-state index contributed by atoms with van der Waals surface area (Å²) in [5, 5.41) is 10.5. The van der Waals surface area contributed by atoms with Crippen LogP contribution >= 0.6 is 0 Å². The smallest absolute Gasteiger partial charge is 0.320 e. The Balaban J connectivity index is 1.77. The van der Waals surface area contributed by atoms with Gasteiger partial charge in [0.05, 0.1) is 18.0 Å². The third kappa shape index (κ3) is 5.13. The van der Waals surface area contributed by atoms with Crippen LogP contribution in [0.5, 0.6) is 5.88 Å². The predicted octanol–water partition coefficient (Wildman–Crippen LogP) is 4.29. The lowest BCUT2D eigenvalue weighted by molar-refractivity contribution is 0.251. The Bertz CT molecular complexity index is 961. The minimum absolute atomic E-state index is 0.144. The molecule has 0 saturated carbocycles. The third-order valence-electron chi connectivity index (χ3n) is 4.29. The maximum absolute atomic E-state index is 12.6. The van der Waals surface area contributed by atoms with Crippen molar-refractivity contribution in [2.45, 2.75) is 39.7 Å². The highest BCUT2D eigenvalue weighted by atomic mass is 16.5. The molecule has 0 radical (unpaired) electrons. The van der Waals surface area contributed by atoms with E-state index in [1.807, 2.05) is 55.5 Å². The maximum Gasteiger partial charge on any atom is 0.320 e. The second-order valence-electron chi connectivity index (χ2n) is 7.62. The fraction of sp³-hybridized carbons (Fsp3) is 0.318. The number of hydrogen-bond donors (Lipinski definition) is 2. The molecule has 0 unspecified atom stereocenters. The number of urea groups is 1. The van der Waals surface area contributed by atoms with Gasteiger partial charge in [-0.2, -0.15) is 5.10 Å². The van der Waals surface area contributed by atoms with Crippen molar-refractivity contribution >= 4 is 11.8 Å². The zero-order valence-electron chi connectivity index (χ0n) is 17.3. The molecule has 0 spiro atoms. The summed E-state index contributed by atoms with van der Waals surface area (Å²) in [5.41, 5.74) is 2.44. The number of hydrogen-bond acceptors (Lipinski definition) is 4. The van der Waals surface area contributed by atoms with Crippen molar-refractivity contribution in [3.05, 3.63) is 66.0 Å². The number of carbonyl (C=O) groups is 1. The number of pyridine rings is 1. The van der Waals surface area contributed by atoms with Crippen LogP contribution in [0, 0.1) is 0 Å². The number of benzene rings is 1. The Morgan fingerprint density at radius 3 is 2.59 bits per heavy atom. The Labute approximate surface area is 171 Å². The zero-order chi connectivity index (χ0) is 20.9. The highest BCUT2D eigenvalue weighted by molar-refractivity contribution is 5.88. The van der Waals surface area contributed by atoms with E-state index < -0.39 is 0 Å². The molecule has 0 fully saturated rings. The first kappa shape index (κ1) is 20.4. The number of amides is 2. The number of carbonyl (C=O) groups excluding carboxylic acids is 1. The number of ether oxygens (including phenoxy) is 1. The number of rotatable bonds is 6. The first-order valence-electron chi connectivity index (χ1n) is 9.66. The van der Waals surface area contributed by atoms with Crippen molar-refractivity contribution in [1.29, 1.82) is 0 Å². The molecule has 7 nitrogen and oxygen atoms in total. The average molecular weight is 393 g/mol. The van der Waals surface area contributed by atoms with Crippen LogP contribution < -0.4 is 15.4 Å². The van der Waals surface area contributed by atoms with Gasteiger partial charge in [0.2, 0.25) is 5.88 Å². The molecule has 0 aliphatic rings. The lowest BCUT2D eigenvalue weighted by atomic mass is 9.92. The van der Waals surface area contributed by atoms with E-state index in [2.05, 4.69) is 36.4 Å². The Hall–Kier alpha value is -3.35. The Morgan fingerprint density at radius 2 is 1.90 bits per heavy atom. The van der Waals surface area contributed by atoms with E-state index in [4.69, 9.17) is 9.84 Å². The summed E-state index contributed by atoms with van der Waals surface area (Å²) in [6, 6.07) is 15.0. The van der Waals surface area contributed by atoms with Crippen LogP contribution in [-0.4, -0.2) is 27.4 Å². The molecule has 2 heterocycles. The molecule has 2 amide bonds. The number of para-hydroxylation sites is 1. The topological polar surface area (TPSA) is 81.1 Å². The molecule has 29 heavy (non-hydrogen) atoms. The minimum Gasteiger partial charge on any atom is -0.478 e. The monoisotopic (exact) mass is 393 g/mol. The fourth-order valence-corrected chi connectivity index (χ4v) is 2.76. The highest BCUT2D eigenvalue weighted by Crippen LogP contribution is 2.26. The number of nitrogens with one attached hydrogen (secondary N) is 2. The summed E-state index contributed by atoms with van der Waals surface area (Å²) >= 11 is 0. The molecule has 0 bridgehead atoms. The summed E-state index contributed by atoms with van der Waals surface area (Å²) in [6.07, 6.45) is 1.67. The lowest BCUT2D eigenvalue weighted by Crippen LogP contribution is -2.29. The summed E-state index contributed by atoms with van der Waals surface area (Å²) in [4.78, 5) is 16.8. The summed E-state index contributed by atoms with van der Waals surface area (Å²) in [7, 11) is 0. The Kier molecular flexibility index (Phi) is 6.16. The number of nitrogens with zero attached hydrogens (tertiary/aromatic N) is 3. The first-order valence-corrected chi connectivity index (χ1v) is 9.66. The molecule has 0 aliphatic heterocycles. The van der Waals surface area contributed by atoms with Crippen molar-refractivity contribution in [2.24, 2.45) is 0 Å². The van der Waals surface area contributed by atoms with Gasteiger partial charge in [-0.3, -0.25) is 5.32 Å². The van der Waals surface area contributed by atoms with Gasteiger partial charge in [0, 0.05) is 29.8 Å². The number of anilines is 1. The summed E-state index contributed by atoms with van der Waals surface area (Å²) in [6.45, 7) is 8.99. The van der Waals surface area contributed by atoms with Crippen LogP contribution in [0.15, 0.2) is 54.7 Å². The molecule has 152 valence electrons. The van der Waals surface area contributed by atoms with Gasteiger partial charge in [0.25, 0.3) is 0 Å². The normalized spacial score (nSPS) is 11.2. The van der Waals surface area contributed by atoms with Gasteiger partial charge in [-0.1, -0.05) is 45.0 Å². The molecule has 3 aromatic rings. The molecule has 2 aromatic heterocycles. The van der Waals surface area contributed by atoms with Crippen molar-refractivity contribution in [3.63, 3.8) is 0 Å². The van der Waals surface area contributed by atoms with E-state index in [-0.39, 0.29) is 11.4 Å². The first-order chi connectivity index (χ1) is 13.9.